The fourth-order valence-electron chi connectivity index (χ4n) is 3.00. The number of benzene rings is 1. The molecule has 0 bridgehead atoms. The summed E-state index contributed by atoms with van der Waals surface area (Å²) in [7, 11) is 0. The Hall–Kier alpha value is -1.35. The van der Waals surface area contributed by atoms with Crippen LogP contribution in [0.5, 0.6) is 0 Å². The Balaban J connectivity index is 2.21. The topological polar surface area (TPSA) is 30.7 Å². The van der Waals surface area contributed by atoms with Gasteiger partial charge in [-0.15, -0.1) is 0 Å². The molecule has 3 heteroatoms. The first-order valence-electron chi connectivity index (χ1n) is 7.28. The maximum absolute atomic E-state index is 12.3. The van der Waals surface area contributed by atoms with E-state index in [4.69, 9.17) is 4.74 Å². The van der Waals surface area contributed by atoms with E-state index in [-0.39, 0.29) is 12.0 Å². The zero-order valence-electron chi connectivity index (χ0n) is 11.9. The minimum absolute atomic E-state index is 0.0854. The molecule has 1 aliphatic heterocycles. The Morgan fingerprint density at radius 1 is 1.42 bits per heavy atom. The van der Waals surface area contributed by atoms with E-state index in [1.807, 2.05) is 37.3 Å². The van der Waals surface area contributed by atoms with Gasteiger partial charge in [-0.25, -0.2) is 4.79 Å². The number of carbonyl (C=O) groups is 1. The highest BCUT2D eigenvalue weighted by Gasteiger charge is 2.35. The maximum atomic E-state index is 12.3. The van der Waals surface area contributed by atoms with E-state index in [0.717, 1.165) is 18.7 Å². The molecule has 3 nitrogen and oxygen atoms in total. The molecule has 1 saturated heterocycles. The lowest BCUT2D eigenvalue weighted by atomic mass is 9.96. The predicted octanol–water partition coefficient (Wildman–Crippen LogP) is 1.61. The van der Waals surface area contributed by atoms with Gasteiger partial charge in [0.2, 0.25) is 6.04 Å². The first-order chi connectivity index (χ1) is 9.22. The molecular formula is C16H24NO2+. The number of rotatable bonds is 4. The first kappa shape index (κ1) is 14.1. The van der Waals surface area contributed by atoms with Crippen molar-refractivity contribution < 1.29 is 14.4 Å². The second kappa shape index (κ2) is 6.71. The molecule has 0 spiro atoms. The maximum Gasteiger partial charge on any atom is 0.369 e. The molecular weight excluding hydrogens is 238 g/mol. The molecule has 2 rings (SSSR count). The molecule has 1 aliphatic rings. The van der Waals surface area contributed by atoms with Crippen LogP contribution in [-0.2, 0) is 9.53 Å². The zero-order valence-corrected chi connectivity index (χ0v) is 11.9. The van der Waals surface area contributed by atoms with Crippen molar-refractivity contribution in [3.63, 3.8) is 0 Å². The Morgan fingerprint density at radius 3 is 2.79 bits per heavy atom. The summed E-state index contributed by atoms with van der Waals surface area (Å²) >= 11 is 0. The van der Waals surface area contributed by atoms with Crippen molar-refractivity contribution in [2.24, 2.45) is 5.92 Å². The second-order valence-corrected chi connectivity index (χ2v) is 5.46. The van der Waals surface area contributed by atoms with E-state index in [9.17, 15) is 4.79 Å². The molecule has 0 saturated carbocycles. The molecule has 1 unspecified atom stereocenters. The number of likely N-dealkylation sites (tertiary alicyclic amines) is 1. The number of nitrogens with one attached hydrogen (secondary N) is 1. The van der Waals surface area contributed by atoms with Crippen LogP contribution in [-0.4, -0.2) is 25.7 Å². The molecule has 104 valence electrons. The summed E-state index contributed by atoms with van der Waals surface area (Å²) in [6.07, 6.45) is 2.47. The molecule has 0 amide bonds. The number of piperidine rings is 1. The lowest BCUT2D eigenvalue weighted by molar-refractivity contribution is -0.930. The van der Waals surface area contributed by atoms with Gasteiger partial charge in [-0.1, -0.05) is 37.3 Å². The van der Waals surface area contributed by atoms with E-state index >= 15 is 0 Å². The molecule has 0 aromatic heterocycles. The molecule has 0 aliphatic carbocycles. The van der Waals surface area contributed by atoms with Gasteiger partial charge in [-0.05, 0) is 19.8 Å². The monoisotopic (exact) mass is 262 g/mol. The van der Waals surface area contributed by atoms with Gasteiger partial charge in [0.25, 0.3) is 0 Å². The quantitative estimate of drug-likeness (QED) is 0.836. The van der Waals surface area contributed by atoms with Gasteiger partial charge < -0.3 is 9.64 Å². The Labute approximate surface area is 115 Å². The number of esters is 1. The van der Waals surface area contributed by atoms with Crippen LogP contribution >= 0.6 is 0 Å². The third-order valence-electron chi connectivity index (χ3n) is 3.87. The van der Waals surface area contributed by atoms with E-state index in [1.54, 1.807) is 0 Å². The average molecular weight is 262 g/mol. The van der Waals surface area contributed by atoms with Crippen LogP contribution in [0.3, 0.4) is 0 Å². The predicted molar refractivity (Wildman–Crippen MR) is 74.9 cm³/mol. The van der Waals surface area contributed by atoms with Crippen molar-refractivity contribution in [1.29, 1.82) is 0 Å². The smallest absolute Gasteiger partial charge is 0.369 e. The lowest BCUT2D eigenvalue weighted by Gasteiger charge is -2.33. The Morgan fingerprint density at radius 2 is 2.16 bits per heavy atom. The summed E-state index contributed by atoms with van der Waals surface area (Å²) in [6, 6.07) is 9.88. The van der Waals surface area contributed by atoms with Crippen LogP contribution in [0.2, 0.25) is 0 Å². The minimum atomic E-state index is -0.163. The molecule has 1 N–H and O–H groups in total. The minimum Gasteiger partial charge on any atom is -0.461 e. The van der Waals surface area contributed by atoms with Crippen molar-refractivity contribution >= 4 is 5.97 Å². The Kier molecular flexibility index (Phi) is 4.97. The van der Waals surface area contributed by atoms with Gasteiger partial charge >= 0.3 is 5.97 Å². The first-order valence-corrected chi connectivity index (χ1v) is 7.28. The van der Waals surface area contributed by atoms with Gasteiger partial charge in [0, 0.05) is 11.5 Å². The molecule has 3 atom stereocenters. The van der Waals surface area contributed by atoms with Crippen molar-refractivity contribution in [1.82, 2.24) is 0 Å². The highest BCUT2D eigenvalue weighted by molar-refractivity contribution is 5.76. The fraction of sp³-hybridized carbons (Fsp3) is 0.562. The number of carbonyl (C=O) groups excluding carboxylic acids is 1. The zero-order chi connectivity index (χ0) is 13.7. The molecule has 1 aromatic rings. The molecule has 1 aromatic carbocycles. The van der Waals surface area contributed by atoms with Crippen LogP contribution in [0.1, 0.15) is 38.3 Å². The van der Waals surface area contributed by atoms with Crippen LogP contribution in [0.15, 0.2) is 30.3 Å². The van der Waals surface area contributed by atoms with Gasteiger partial charge in [0.05, 0.1) is 19.7 Å². The van der Waals surface area contributed by atoms with Crippen LogP contribution in [0.4, 0.5) is 0 Å². The number of hydrogen-bond donors (Lipinski definition) is 1. The number of quaternary nitrogens is 1. The van der Waals surface area contributed by atoms with Gasteiger partial charge in [0.1, 0.15) is 0 Å². The second-order valence-electron chi connectivity index (χ2n) is 5.46. The van der Waals surface area contributed by atoms with Crippen molar-refractivity contribution in [2.75, 3.05) is 19.7 Å². The highest BCUT2D eigenvalue weighted by Crippen LogP contribution is 2.14. The largest absolute Gasteiger partial charge is 0.461 e. The summed E-state index contributed by atoms with van der Waals surface area (Å²) in [5.74, 6) is 0.599. The van der Waals surface area contributed by atoms with Crippen molar-refractivity contribution in [3.8, 4) is 0 Å². The highest BCUT2D eigenvalue weighted by atomic mass is 16.5. The standard InChI is InChI=1S/C16H23NO2/c1-3-19-16(18)15(14-9-5-4-6-10-14)17-11-7-8-13(2)12-17/h4-6,9-10,13,15H,3,7-8,11-12H2,1-2H3/p+1/t13-,15+/m0/s1. The van der Waals surface area contributed by atoms with Gasteiger partial charge in [-0.2, -0.15) is 0 Å². The summed E-state index contributed by atoms with van der Waals surface area (Å²) < 4.78 is 5.29. The van der Waals surface area contributed by atoms with Gasteiger partial charge in [0.15, 0.2) is 0 Å². The van der Waals surface area contributed by atoms with E-state index < -0.39 is 0 Å². The third kappa shape index (κ3) is 3.57. The van der Waals surface area contributed by atoms with E-state index in [2.05, 4.69) is 6.92 Å². The summed E-state index contributed by atoms with van der Waals surface area (Å²) in [6.45, 7) is 6.70. The van der Waals surface area contributed by atoms with Crippen LogP contribution in [0, 0.1) is 5.92 Å². The average Bonchev–Trinajstić information content (AvgIpc) is 2.40. The normalized spacial score (nSPS) is 24.7. The molecule has 0 radical (unpaired) electrons. The van der Waals surface area contributed by atoms with E-state index in [1.165, 1.54) is 17.7 Å². The summed E-state index contributed by atoms with van der Waals surface area (Å²) in [5, 5.41) is 0. The van der Waals surface area contributed by atoms with Crippen LogP contribution in [0.25, 0.3) is 0 Å². The van der Waals surface area contributed by atoms with Crippen molar-refractivity contribution in [3.05, 3.63) is 35.9 Å². The molecule has 19 heavy (non-hydrogen) atoms. The molecule has 1 heterocycles. The summed E-state index contributed by atoms with van der Waals surface area (Å²) in [4.78, 5) is 13.7. The molecule has 1 fully saturated rings. The number of hydrogen-bond acceptors (Lipinski definition) is 2. The SMILES string of the molecule is CCOC(=O)[C@@H](c1ccccc1)[NH+]1CCC[C@H](C)C1. The van der Waals surface area contributed by atoms with Gasteiger partial charge in [-0.3, -0.25) is 0 Å². The van der Waals surface area contributed by atoms with E-state index in [0.29, 0.717) is 12.5 Å². The number of ether oxygens (including phenoxy) is 1. The third-order valence-corrected chi connectivity index (χ3v) is 3.87. The fourth-order valence-corrected chi connectivity index (χ4v) is 3.00. The summed E-state index contributed by atoms with van der Waals surface area (Å²) in [5.41, 5.74) is 1.07. The lowest BCUT2D eigenvalue weighted by Crippen LogP contribution is -3.14. The Bertz CT molecular complexity index is 404. The van der Waals surface area contributed by atoms with Crippen LogP contribution < -0.4 is 4.90 Å². The van der Waals surface area contributed by atoms with Crippen molar-refractivity contribution in [2.45, 2.75) is 32.7 Å².